The molecule has 42 heavy (non-hydrogen) atoms. The monoisotopic (exact) mass is 585 g/mol. The molecule has 0 aromatic heterocycles. The van der Waals surface area contributed by atoms with Gasteiger partial charge in [0, 0.05) is 37.3 Å². The van der Waals surface area contributed by atoms with Crippen molar-refractivity contribution in [1.29, 1.82) is 0 Å². The van der Waals surface area contributed by atoms with E-state index in [0.29, 0.717) is 38.0 Å². The summed E-state index contributed by atoms with van der Waals surface area (Å²) in [6.45, 7) is 10.2. The first-order chi connectivity index (χ1) is 19.7. The van der Waals surface area contributed by atoms with E-state index in [0.717, 1.165) is 10.5 Å². The van der Waals surface area contributed by atoms with Crippen LogP contribution in [0.2, 0.25) is 0 Å². The van der Waals surface area contributed by atoms with Gasteiger partial charge in [-0.05, 0) is 41.9 Å². The smallest absolute Gasteiger partial charge is 0.407 e. The first-order valence-electron chi connectivity index (χ1n) is 14.1. The zero-order valence-corrected chi connectivity index (χ0v) is 25.1. The Balaban J connectivity index is 1.68. The second-order valence-electron chi connectivity index (χ2n) is 11.7. The zero-order valence-electron chi connectivity index (χ0n) is 25.1. The standard InChI is InChI=1S/C30H43N5O7/c1-20(2)27(34-23(36)9-7-6-8-16-35-25(38)14-15-26(35)39)28(40)31-17-24(37)33-22-12-10-21(11-13-22)18-42-29(41)32-19-30(3,4)5/h10-15,20,27H,6-9,16-19H2,1-5H3,(H,31,40)(H,32,41)(H,33,37)(H,34,36). The number of benzene rings is 1. The fraction of sp³-hybridized carbons (Fsp3) is 0.533. The van der Waals surface area contributed by atoms with Crippen LogP contribution in [-0.4, -0.2) is 66.2 Å². The van der Waals surface area contributed by atoms with Crippen molar-refractivity contribution in [2.45, 2.75) is 73.0 Å². The van der Waals surface area contributed by atoms with Crippen LogP contribution in [-0.2, 0) is 35.3 Å². The summed E-state index contributed by atoms with van der Waals surface area (Å²) in [6, 6.07) is 5.97. The maximum Gasteiger partial charge on any atom is 0.407 e. The summed E-state index contributed by atoms with van der Waals surface area (Å²) in [4.78, 5) is 73.6. The molecule has 2 rings (SSSR count). The molecule has 12 heteroatoms. The van der Waals surface area contributed by atoms with Gasteiger partial charge in [0.05, 0.1) is 6.54 Å². The highest BCUT2D eigenvalue weighted by Gasteiger charge is 2.25. The molecule has 1 aliphatic rings. The first-order valence-corrected chi connectivity index (χ1v) is 14.1. The maximum absolute atomic E-state index is 12.7. The van der Waals surface area contributed by atoms with Crippen molar-refractivity contribution < 1.29 is 33.5 Å². The van der Waals surface area contributed by atoms with Crippen LogP contribution in [0.4, 0.5) is 10.5 Å². The molecular weight excluding hydrogens is 542 g/mol. The Morgan fingerprint density at radius 3 is 2.12 bits per heavy atom. The van der Waals surface area contributed by atoms with E-state index >= 15 is 0 Å². The highest BCUT2D eigenvalue weighted by atomic mass is 16.5. The van der Waals surface area contributed by atoms with Crippen LogP contribution in [0.1, 0.15) is 65.9 Å². The number of rotatable bonds is 15. The predicted molar refractivity (Wildman–Crippen MR) is 157 cm³/mol. The topological polar surface area (TPSA) is 163 Å². The third-order valence-electron chi connectivity index (χ3n) is 6.25. The van der Waals surface area contributed by atoms with Crippen LogP contribution >= 0.6 is 0 Å². The van der Waals surface area contributed by atoms with Gasteiger partial charge in [0.2, 0.25) is 17.7 Å². The minimum absolute atomic E-state index is 0.0524. The normalized spacial score (nSPS) is 13.6. The highest BCUT2D eigenvalue weighted by molar-refractivity contribution is 6.12. The second kappa shape index (κ2) is 16.3. The SMILES string of the molecule is CC(C)C(NC(=O)CCCCCN1C(=O)C=CC1=O)C(=O)NCC(=O)Nc1ccc(COC(=O)NCC(C)(C)C)cc1. The molecule has 1 unspecified atom stereocenters. The van der Waals surface area contributed by atoms with E-state index in [1.54, 1.807) is 38.1 Å². The van der Waals surface area contributed by atoms with Crippen LogP contribution < -0.4 is 21.3 Å². The molecule has 1 atom stereocenters. The number of carbonyl (C=O) groups is 6. The van der Waals surface area contributed by atoms with Crippen molar-refractivity contribution in [2.75, 3.05) is 25.0 Å². The minimum atomic E-state index is -0.809. The van der Waals surface area contributed by atoms with E-state index in [9.17, 15) is 28.8 Å². The molecule has 0 bridgehead atoms. The van der Waals surface area contributed by atoms with Crippen LogP contribution in [0.15, 0.2) is 36.4 Å². The summed E-state index contributed by atoms with van der Waals surface area (Å²) in [7, 11) is 0. The van der Waals surface area contributed by atoms with Crippen LogP contribution in [0.25, 0.3) is 0 Å². The number of hydrogen-bond acceptors (Lipinski definition) is 7. The Kier molecular flexibility index (Phi) is 13.2. The first kappa shape index (κ1) is 34.0. The van der Waals surface area contributed by atoms with E-state index in [-0.39, 0.29) is 48.6 Å². The lowest BCUT2D eigenvalue weighted by molar-refractivity contribution is -0.137. The average Bonchev–Trinajstić information content (AvgIpc) is 3.24. The highest BCUT2D eigenvalue weighted by Crippen LogP contribution is 2.13. The predicted octanol–water partition coefficient (Wildman–Crippen LogP) is 2.64. The molecule has 0 radical (unpaired) electrons. The number of amides is 6. The number of alkyl carbamates (subject to hydrolysis) is 1. The van der Waals surface area contributed by atoms with E-state index in [4.69, 9.17) is 4.74 Å². The Morgan fingerprint density at radius 1 is 0.881 bits per heavy atom. The molecule has 12 nitrogen and oxygen atoms in total. The molecule has 0 aliphatic carbocycles. The third-order valence-corrected chi connectivity index (χ3v) is 6.25. The minimum Gasteiger partial charge on any atom is -0.445 e. The molecule has 4 N–H and O–H groups in total. The quantitative estimate of drug-likeness (QED) is 0.182. The lowest BCUT2D eigenvalue weighted by atomic mass is 9.97. The van der Waals surface area contributed by atoms with Crippen LogP contribution in [0.5, 0.6) is 0 Å². The number of hydrogen-bond donors (Lipinski definition) is 4. The van der Waals surface area contributed by atoms with Gasteiger partial charge in [-0.3, -0.25) is 28.9 Å². The summed E-state index contributed by atoms with van der Waals surface area (Å²) in [5, 5.41) is 10.7. The van der Waals surface area contributed by atoms with Gasteiger partial charge in [0.1, 0.15) is 12.6 Å². The van der Waals surface area contributed by atoms with Gasteiger partial charge < -0.3 is 26.0 Å². The van der Waals surface area contributed by atoms with Crippen molar-refractivity contribution in [3.05, 3.63) is 42.0 Å². The number of imide groups is 1. The van der Waals surface area contributed by atoms with Crippen molar-refractivity contribution >= 4 is 41.3 Å². The van der Waals surface area contributed by atoms with E-state index in [2.05, 4.69) is 21.3 Å². The largest absolute Gasteiger partial charge is 0.445 e. The fourth-order valence-electron chi connectivity index (χ4n) is 3.87. The number of unbranched alkanes of at least 4 members (excludes halogenated alkanes) is 2. The van der Waals surface area contributed by atoms with E-state index in [1.807, 2.05) is 20.8 Å². The summed E-state index contributed by atoms with van der Waals surface area (Å²) < 4.78 is 5.20. The molecule has 0 fully saturated rings. The second-order valence-corrected chi connectivity index (χ2v) is 11.7. The number of anilines is 1. The zero-order chi connectivity index (χ0) is 31.3. The van der Waals surface area contributed by atoms with Crippen LogP contribution in [0.3, 0.4) is 0 Å². The molecule has 1 aromatic rings. The van der Waals surface area contributed by atoms with E-state index < -0.39 is 23.9 Å². The molecule has 1 aliphatic heterocycles. The molecular formula is C30H43N5O7. The number of ether oxygens (including phenoxy) is 1. The molecule has 0 saturated heterocycles. The van der Waals surface area contributed by atoms with Crippen molar-refractivity contribution in [3.8, 4) is 0 Å². The maximum atomic E-state index is 12.7. The van der Waals surface area contributed by atoms with Crippen LogP contribution in [0, 0.1) is 11.3 Å². The van der Waals surface area contributed by atoms with Gasteiger partial charge >= 0.3 is 6.09 Å². The Bertz CT molecular complexity index is 1140. The summed E-state index contributed by atoms with van der Waals surface area (Å²) >= 11 is 0. The Hall–Kier alpha value is -4.22. The lowest BCUT2D eigenvalue weighted by Crippen LogP contribution is -2.51. The third kappa shape index (κ3) is 12.5. The van der Waals surface area contributed by atoms with Gasteiger partial charge in [-0.1, -0.05) is 53.2 Å². The lowest BCUT2D eigenvalue weighted by Gasteiger charge is -2.21. The van der Waals surface area contributed by atoms with Crippen molar-refractivity contribution in [3.63, 3.8) is 0 Å². The van der Waals surface area contributed by atoms with Crippen molar-refractivity contribution in [2.24, 2.45) is 11.3 Å². The van der Waals surface area contributed by atoms with Gasteiger partial charge in [-0.2, -0.15) is 0 Å². The summed E-state index contributed by atoms with van der Waals surface area (Å²) in [5.41, 5.74) is 1.21. The van der Waals surface area contributed by atoms with Gasteiger partial charge in [-0.15, -0.1) is 0 Å². The molecule has 230 valence electrons. The number of carbonyl (C=O) groups excluding carboxylic acids is 6. The van der Waals surface area contributed by atoms with Gasteiger partial charge in [0.25, 0.3) is 11.8 Å². The molecule has 6 amide bonds. The Labute approximate surface area is 247 Å². The van der Waals surface area contributed by atoms with Gasteiger partial charge in [-0.25, -0.2) is 4.79 Å². The number of nitrogens with one attached hydrogen (secondary N) is 4. The van der Waals surface area contributed by atoms with Gasteiger partial charge in [0.15, 0.2) is 0 Å². The summed E-state index contributed by atoms with van der Waals surface area (Å²) in [5.74, 6) is -2.05. The number of nitrogens with zero attached hydrogens (tertiary/aromatic N) is 1. The summed E-state index contributed by atoms with van der Waals surface area (Å²) in [6.07, 6.45) is 3.94. The average molecular weight is 586 g/mol. The molecule has 1 aromatic carbocycles. The molecule has 0 spiro atoms. The fourth-order valence-corrected chi connectivity index (χ4v) is 3.87. The Morgan fingerprint density at radius 2 is 1.52 bits per heavy atom. The van der Waals surface area contributed by atoms with Crippen molar-refractivity contribution in [1.82, 2.24) is 20.9 Å². The molecule has 1 heterocycles. The van der Waals surface area contributed by atoms with E-state index in [1.165, 1.54) is 12.2 Å². The molecule has 0 saturated carbocycles.